The molecule has 2 rings (SSSR count). The van der Waals surface area contributed by atoms with Crippen molar-refractivity contribution >= 4 is 11.6 Å². The first-order valence-corrected chi connectivity index (χ1v) is 7.78. The molecule has 7 heteroatoms. The smallest absolute Gasteiger partial charge is 0.0834 e. The molecule has 0 amide bonds. The van der Waals surface area contributed by atoms with E-state index < -0.39 is 0 Å². The summed E-state index contributed by atoms with van der Waals surface area (Å²) in [6, 6.07) is 0.131. The lowest BCUT2D eigenvalue weighted by molar-refractivity contribution is 0.0952. The third kappa shape index (κ3) is 3.96. The van der Waals surface area contributed by atoms with Gasteiger partial charge in [0.15, 0.2) is 0 Å². The van der Waals surface area contributed by atoms with Crippen LogP contribution in [0.3, 0.4) is 0 Å². The zero-order valence-electron chi connectivity index (χ0n) is 13.5. The lowest BCUT2D eigenvalue weighted by atomic mass is 10.0. The van der Waals surface area contributed by atoms with E-state index >= 15 is 0 Å². The number of likely N-dealkylation sites (N-methyl/N-ethyl adjacent to an activating group) is 3. The van der Waals surface area contributed by atoms with Gasteiger partial charge < -0.3 is 15.5 Å². The monoisotopic (exact) mass is 314 g/mol. The molecule has 120 valence electrons. The Bertz CT molecular complexity index is 460. The molecule has 0 saturated carbocycles. The van der Waals surface area contributed by atoms with Crippen molar-refractivity contribution < 1.29 is 0 Å². The van der Waals surface area contributed by atoms with Crippen molar-refractivity contribution in [1.29, 1.82) is 0 Å². The van der Waals surface area contributed by atoms with Gasteiger partial charge in [0.2, 0.25) is 0 Å². The fraction of sp³-hybridized carbons (Fsp3) is 0.786. The van der Waals surface area contributed by atoms with Crippen LogP contribution in [0.25, 0.3) is 0 Å². The fourth-order valence-corrected chi connectivity index (χ4v) is 3.06. The molecular formula is C14H27ClN6. The molecule has 1 aromatic heterocycles. The number of rotatable bonds is 5. The van der Waals surface area contributed by atoms with E-state index in [1.54, 1.807) is 6.20 Å². The number of nitrogens with zero attached hydrogens (tertiary/aromatic N) is 5. The maximum absolute atomic E-state index is 6.55. The first-order valence-electron chi connectivity index (χ1n) is 7.40. The Hall–Kier alpha value is -0.660. The quantitative estimate of drug-likeness (QED) is 0.849. The van der Waals surface area contributed by atoms with Gasteiger partial charge in [-0.15, -0.1) is 0 Å². The average Bonchev–Trinajstić information content (AvgIpc) is 2.79. The molecule has 0 spiro atoms. The summed E-state index contributed by atoms with van der Waals surface area (Å²) in [6.45, 7) is 4.77. The summed E-state index contributed by atoms with van der Waals surface area (Å²) in [5.74, 6) is 0. The number of nitrogens with two attached hydrogens (primary N) is 1. The van der Waals surface area contributed by atoms with Crippen molar-refractivity contribution in [2.45, 2.75) is 18.6 Å². The van der Waals surface area contributed by atoms with Gasteiger partial charge in [-0.1, -0.05) is 11.6 Å². The largest absolute Gasteiger partial charge is 0.321 e. The van der Waals surface area contributed by atoms with E-state index in [1.807, 2.05) is 4.68 Å². The minimum atomic E-state index is -0.130. The van der Waals surface area contributed by atoms with Gasteiger partial charge in [0, 0.05) is 32.2 Å². The zero-order chi connectivity index (χ0) is 15.6. The number of halogens is 1. The van der Waals surface area contributed by atoms with Gasteiger partial charge in [-0.05, 0) is 28.2 Å². The number of aromatic nitrogens is 2. The van der Waals surface area contributed by atoms with Gasteiger partial charge in [0.1, 0.15) is 0 Å². The zero-order valence-corrected chi connectivity index (χ0v) is 14.2. The molecule has 1 aromatic rings. The Balaban J connectivity index is 2.17. The van der Waals surface area contributed by atoms with Crippen LogP contribution >= 0.6 is 11.6 Å². The summed E-state index contributed by atoms with van der Waals surface area (Å²) < 4.78 is 1.95. The molecular weight excluding hydrogens is 288 g/mol. The highest BCUT2D eigenvalue weighted by atomic mass is 35.5. The second-order valence-corrected chi connectivity index (χ2v) is 6.65. The SMILES string of the molecule is CN(C)CCn1ncc(Cl)c1C(N)C1CN(C)CCN1C. The normalized spacial score (nSPS) is 22.9. The molecule has 2 atom stereocenters. The Kier molecular flexibility index (Phi) is 5.62. The van der Waals surface area contributed by atoms with Crippen LogP contribution in [0.4, 0.5) is 0 Å². The van der Waals surface area contributed by atoms with Crippen LogP contribution in [0.15, 0.2) is 6.20 Å². The maximum Gasteiger partial charge on any atom is 0.0834 e. The van der Waals surface area contributed by atoms with Crippen molar-refractivity contribution in [2.24, 2.45) is 5.73 Å². The molecule has 0 aliphatic carbocycles. The Morgan fingerprint density at radius 1 is 1.43 bits per heavy atom. The summed E-state index contributed by atoms with van der Waals surface area (Å²) in [6.07, 6.45) is 1.71. The molecule has 0 aromatic carbocycles. The predicted octanol–water partition coefficient (Wildman–Crippen LogP) is 0.344. The molecule has 1 saturated heterocycles. The van der Waals surface area contributed by atoms with Crippen LogP contribution in [0.1, 0.15) is 11.7 Å². The van der Waals surface area contributed by atoms with Crippen LogP contribution in [0.2, 0.25) is 5.02 Å². The van der Waals surface area contributed by atoms with Crippen molar-refractivity contribution in [3.05, 3.63) is 16.9 Å². The third-order valence-electron chi connectivity index (χ3n) is 4.22. The molecule has 2 unspecified atom stereocenters. The summed E-state index contributed by atoms with van der Waals surface area (Å²) in [4.78, 5) is 6.77. The molecule has 2 heterocycles. The van der Waals surface area contributed by atoms with E-state index in [9.17, 15) is 0 Å². The highest BCUT2D eigenvalue weighted by Crippen LogP contribution is 2.27. The Morgan fingerprint density at radius 3 is 2.81 bits per heavy atom. The van der Waals surface area contributed by atoms with Crippen LogP contribution in [-0.2, 0) is 6.54 Å². The molecule has 1 aliphatic rings. The van der Waals surface area contributed by atoms with Crippen molar-refractivity contribution in [2.75, 3.05) is 54.4 Å². The van der Waals surface area contributed by atoms with Gasteiger partial charge in [-0.3, -0.25) is 9.58 Å². The van der Waals surface area contributed by atoms with Gasteiger partial charge in [-0.2, -0.15) is 5.10 Å². The lowest BCUT2D eigenvalue weighted by Crippen LogP contribution is -2.54. The van der Waals surface area contributed by atoms with Gasteiger partial charge in [-0.25, -0.2) is 0 Å². The topological polar surface area (TPSA) is 53.6 Å². The minimum Gasteiger partial charge on any atom is -0.321 e. The highest BCUT2D eigenvalue weighted by Gasteiger charge is 2.31. The molecule has 1 fully saturated rings. The standard InChI is InChI=1S/C14H27ClN6/c1-18(2)5-8-21-14(11(15)9-17-21)13(16)12-10-19(3)6-7-20(12)4/h9,12-13H,5-8,10,16H2,1-4H3. The maximum atomic E-state index is 6.55. The molecule has 21 heavy (non-hydrogen) atoms. The average molecular weight is 315 g/mol. The van der Waals surface area contributed by atoms with Crippen molar-refractivity contribution in [1.82, 2.24) is 24.5 Å². The molecule has 0 bridgehead atoms. The second-order valence-electron chi connectivity index (χ2n) is 6.24. The van der Waals surface area contributed by atoms with Crippen LogP contribution in [-0.4, -0.2) is 84.9 Å². The van der Waals surface area contributed by atoms with Crippen LogP contribution in [0.5, 0.6) is 0 Å². The van der Waals surface area contributed by atoms with E-state index in [1.165, 1.54) is 0 Å². The molecule has 6 nitrogen and oxygen atoms in total. The number of hydrogen-bond acceptors (Lipinski definition) is 5. The Labute approximate surface area is 132 Å². The lowest BCUT2D eigenvalue weighted by Gasteiger charge is -2.40. The first kappa shape index (κ1) is 16.7. The summed E-state index contributed by atoms with van der Waals surface area (Å²) in [7, 11) is 8.37. The molecule has 2 N–H and O–H groups in total. The molecule has 1 aliphatic heterocycles. The number of piperazine rings is 1. The van der Waals surface area contributed by atoms with E-state index in [0.717, 1.165) is 38.4 Å². The van der Waals surface area contributed by atoms with Gasteiger partial charge >= 0.3 is 0 Å². The summed E-state index contributed by atoms with van der Waals surface area (Å²) >= 11 is 6.35. The van der Waals surface area contributed by atoms with Crippen LogP contribution < -0.4 is 5.73 Å². The van der Waals surface area contributed by atoms with E-state index in [0.29, 0.717) is 5.02 Å². The molecule has 0 radical (unpaired) electrons. The Morgan fingerprint density at radius 2 is 2.14 bits per heavy atom. The second kappa shape index (κ2) is 7.07. The van der Waals surface area contributed by atoms with Gasteiger partial charge in [0.05, 0.1) is 29.5 Å². The van der Waals surface area contributed by atoms with Crippen molar-refractivity contribution in [3.63, 3.8) is 0 Å². The third-order valence-corrected chi connectivity index (χ3v) is 4.51. The minimum absolute atomic E-state index is 0.130. The van der Waals surface area contributed by atoms with E-state index in [2.05, 4.69) is 48.0 Å². The summed E-state index contributed by atoms with van der Waals surface area (Å²) in [5.41, 5.74) is 7.50. The van der Waals surface area contributed by atoms with Crippen LogP contribution in [0, 0.1) is 0 Å². The first-order chi connectivity index (χ1) is 9.90. The summed E-state index contributed by atoms with van der Waals surface area (Å²) in [5, 5.41) is 5.06. The van der Waals surface area contributed by atoms with Gasteiger partial charge in [0.25, 0.3) is 0 Å². The van der Waals surface area contributed by atoms with Crippen molar-refractivity contribution in [3.8, 4) is 0 Å². The fourth-order valence-electron chi connectivity index (χ4n) is 2.79. The van der Waals surface area contributed by atoms with E-state index in [4.69, 9.17) is 17.3 Å². The van der Waals surface area contributed by atoms with E-state index in [-0.39, 0.29) is 12.1 Å². The number of hydrogen-bond donors (Lipinski definition) is 1. The highest BCUT2D eigenvalue weighted by molar-refractivity contribution is 6.31. The predicted molar refractivity (Wildman–Crippen MR) is 86.6 cm³/mol.